The summed E-state index contributed by atoms with van der Waals surface area (Å²) in [5.41, 5.74) is 1.38. The maximum absolute atomic E-state index is 13.6. The van der Waals surface area contributed by atoms with E-state index in [1.165, 1.54) is 19.1 Å². The van der Waals surface area contributed by atoms with E-state index in [2.05, 4.69) is 10.6 Å². The van der Waals surface area contributed by atoms with Crippen molar-refractivity contribution in [2.45, 2.75) is 26.4 Å². The number of carbonyl (C=O) groups excluding carboxylic acids is 2. The van der Waals surface area contributed by atoms with Gasteiger partial charge in [-0.3, -0.25) is 9.59 Å². The highest BCUT2D eigenvalue weighted by Crippen LogP contribution is 2.17. The van der Waals surface area contributed by atoms with E-state index in [1.807, 2.05) is 37.3 Å². The Bertz CT molecular complexity index is 750. The first kappa shape index (κ1) is 19.6. The zero-order valence-electron chi connectivity index (χ0n) is 14.9. The minimum atomic E-state index is -0.583. The van der Waals surface area contributed by atoms with Crippen molar-refractivity contribution in [2.75, 3.05) is 18.5 Å². The summed E-state index contributed by atoms with van der Waals surface area (Å²) in [7, 11) is 0. The number of rotatable bonds is 8. The van der Waals surface area contributed by atoms with Crippen LogP contribution in [0.5, 0.6) is 0 Å². The fraction of sp³-hybridized carbons (Fsp3) is 0.300. The maximum atomic E-state index is 13.6. The van der Waals surface area contributed by atoms with E-state index in [9.17, 15) is 14.0 Å². The average molecular weight is 358 g/mol. The number of hydrogen-bond donors (Lipinski definition) is 2. The largest absolute Gasteiger partial charge is 0.374 e. The molecule has 0 heterocycles. The monoisotopic (exact) mass is 358 g/mol. The smallest absolute Gasteiger partial charge is 0.251 e. The summed E-state index contributed by atoms with van der Waals surface area (Å²) >= 11 is 0. The Labute approximate surface area is 152 Å². The molecular formula is C20H23FN2O3. The minimum absolute atomic E-state index is 0.00910. The van der Waals surface area contributed by atoms with Gasteiger partial charge in [0, 0.05) is 25.6 Å². The number of benzene rings is 2. The zero-order chi connectivity index (χ0) is 18.9. The minimum Gasteiger partial charge on any atom is -0.374 e. The van der Waals surface area contributed by atoms with Crippen LogP contribution < -0.4 is 10.6 Å². The van der Waals surface area contributed by atoms with Gasteiger partial charge in [0.2, 0.25) is 5.91 Å². The molecule has 0 fully saturated rings. The van der Waals surface area contributed by atoms with Gasteiger partial charge in [-0.1, -0.05) is 30.3 Å². The Morgan fingerprint density at radius 3 is 2.58 bits per heavy atom. The number of carbonyl (C=O) groups is 2. The van der Waals surface area contributed by atoms with Crippen molar-refractivity contribution in [1.29, 1.82) is 0 Å². The van der Waals surface area contributed by atoms with Gasteiger partial charge in [0.15, 0.2) is 0 Å². The lowest BCUT2D eigenvalue weighted by Crippen LogP contribution is -2.25. The SMILES string of the molecule is CC(=O)Nc1cc(C(=O)NCCCOC(C)c2ccccc2)ccc1F. The van der Waals surface area contributed by atoms with Crippen molar-refractivity contribution in [1.82, 2.24) is 5.32 Å². The van der Waals surface area contributed by atoms with E-state index in [0.717, 1.165) is 11.6 Å². The molecule has 0 saturated carbocycles. The first-order valence-electron chi connectivity index (χ1n) is 8.49. The van der Waals surface area contributed by atoms with E-state index in [-0.39, 0.29) is 23.3 Å². The molecule has 0 aliphatic carbocycles. The van der Waals surface area contributed by atoms with Gasteiger partial charge in [0.1, 0.15) is 5.82 Å². The highest BCUT2D eigenvalue weighted by atomic mass is 19.1. The fourth-order valence-electron chi connectivity index (χ4n) is 2.41. The lowest BCUT2D eigenvalue weighted by molar-refractivity contribution is -0.114. The van der Waals surface area contributed by atoms with Crippen LogP contribution in [0.4, 0.5) is 10.1 Å². The third-order valence-corrected chi connectivity index (χ3v) is 3.78. The summed E-state index contributed by atoms with van der Waals surface area (Å²) in [6.45, 7) is 4.21. The van der Waals surface area contributed by atoms with Crippen molar-refractivity contribution in [3.05, 3.63) is 65.5 Å². The quantitative estimate of drug-likeness (QED) is 0.708. The molecule has 2 N–H and O–H groups in total. The van der Waals surface area contributed by atoms with Crippen LogP contribution in [0.2, 0.25) is 0 Å². The summed E-state index contributed by atoms with van der Waals surface area (Å²) in [5, 5.41) is 5.12. The first-order valence-corrected chi connectivity index (χ1v) is 8.49. The van der Waals surface area contributed by atoms with Crippen molar-refractivity contribution >= 4 is 17.5 Å². The van der Waals surface area contributed by atoms with E-state index in [1.54, 1.807) is 0 Å². The normalized spacial score (nSPS) is 11.7. The number of hydrogen-bond acceptors (Lipinski definition) is 3. The Kier molecular flexibility index (Phi) is 7.29. The van der Waals surface area contributed by atoms with Gasteiger partial charge in [-0.15, -0.1) is 0 Å². The average Bonchev–Trinajstić information content (AvgIpc) is 2.63. The topological polar surface area (TPSA) is 67.4 Å². The van der Waals surface area contributed by atoms with Crippen LogP contribution >= 0.6 is 0 Å². The van der Waals surface area contributed by atoms with E-state index in [4.69, 9.17) is 4.74 Å². The van der Waals surface area contributed by atoms with Gasteiger partial charge in [-0.25, -0.2) is 4.39 Å². The Morgan fingerprint density at radius 2 is 1.88 bits per heavy atom. The molecule has 2 aromatic carbocycles. The van der Waals surface area contributed by atoms with Crippen molar-refractivity contribution < 1.29 is 18.7 Å². The predicted molar refractivity (Wildman–Crippen MR) is 98.5 cm³/mol. The second kappa shape index (κ2) is 9.68. The molecule has 2 amide bonds. The number of ether oxygens (including phenoxy) is 1. The standard InChI is InChI=1S/C20H23FN2O3/c1-14(16-7-4-3-5-8-16)26-12-6-11-22-20(25)17-9-10-18(21)19(13-17)23-15(2)24/h3-5,7-10,13-14H,6,11-12H2,1-2H3,(H,22,25)(H,23,24). The molecule has 0 radical (unpaired) electrons. The maximum Gasteiger partial charge on any atom is 0.251 e. The molecule has 0 spiro atoms. The van der Waals surface area contributed by atoms with Gasteiger partial charge >= 0.3 is 0 Å². The van der Waals surface area contributed by atoms with Gasteiger partial charge in [-0.2, -0.15) is 0 Å². The molecule has 0 saturated heterocycles. The molecule has 0 aromatic heterocycles. The summed E-state index contributed by atoms with van der Waals surface area (Å²) in [6.07, 6.45) is 0.645. The Morgan fingerprint density at radius 1 is 1.15 bits per heavy atom. The van der Waals surface area contributed by atoms with Gasteiger partial charge in [0.05, 0.1) is 11.8 Å². The van der Waals surface area contributed by atoms with Crippen molar-refractivity contribution in [3.8, 4) is 0 Å². The van der Waals surface area contributed by atoms with Crippen molar-refractivity contribution in [2.24, 2.45) is 0 Å². The Hall–Kier alpha value is -2.73. The highest BCUT2D eigenvalue weighted by Gasteiger charge is 2.10. The summed E-state index contributed by atoms with van der Waals surface area (Å²) in [4.78, 5) is 23.2. The van der Waals surface area contributed by atoms with E-state index < -0.39 is 11.7 Å². The van der Waals surface area contributed by atoms with Crippen LogP contribution in [0.15, 0.2) is 48.5 Å². The molecule has 2 rings (SSSR count). The van der Waals surface area contributed by atoms with Crippen molar-refractivity contribution in [3.63, 3.8) is 0 Å². The van der Waals surface area contributed by atoms with Crippen LogP contribution in [0.3, 0.4) is 0 Å². The second-order valence-corrected chi connectivity index (χ2v) is 5.91. The molecule has 26 heavy (non-hydrogen) atoms. The number of anilines is 1. The molecule has 1 atom stereocenters. The van der Waals surface area contributed by atoms with Crippen LogP contribution in [0, 0.1) is 5.82 Å². The zero-order valence-corrected chi connectivity index (χ0v) is 14.9. The Balaban J connectivity index is 1.76. The van der Waals surface area contributed by atoms with Gasteiger partial charge in [0.25, 0.3) is 5.91 Å². The van der Waals surface area contributed by atoms with Crippen LogP contribution in [0.1, 0.15) is 42.3 Å². The third-order valence-electron chi connectivity index (χ3n) is 3.78. The number of nitrogens with one attached hydrogen (secondary N) is 2. The lowest BCUT2D eigenvalue weighted by Gasteiger charge is -2.13. The van der Waals surface area contributed by atoms with E-state index in [0.29, 0.717) is 19.6 Å². The molecule has 6 heteroatoms. The first-order chi connectivity index (χ1) is 12.5. The third kappa shape index (κ3) is 5.97. The lowest BCUT2D eigenvalue weighted by atomic mass is 10.1. The van der Waals surface area contributed by atoms with Gasteiger partial charge < -0.3 is 15.4 Å². The summed E-state index contributed by atoms with van der Waals surface area (Å²) in [5.74, 6) is -1.31. The molecule has 0 aliphatic rings. The van der Waals surface area contributed by atoms with Crippen LogP contribution in [-0.2, 0) is 9.53 Å². The molecule has 2 aromatic rings. The molecule has 5 nitrogen and oxygen atoms in total. The summed E-state index contributed by atoms with van der Waals surface area (Å²) < 4.78 is 19.3. The molecule has 0 aliphatic heterocycles. The van der Waals surface area contributed by atoms with E-state index >= 15 is 0 Å². The van der Waals surface area contributed by atoms with Crippen LogP contribution in [0.25, 0.3) is 0 Å². The fourth-order valence-corrected chi connectivity index (χ4v) is 2.41. The molecular weight excluding hydrogens is 335 g/mol. The molecule has 138 valence electrons. The molecule has 1 unspecified atom stereocenters. The predicted octanol–water partition coefficient (Wildman–Crippen LogP) is 3.68. The second-order valence-electron chi connectivity index (χ2n) is 5.91. The highest BCUT2D eigenvalue weighted by molar-refractivity contribution is 5.96. The number of amides is 2. The van der Waals surface area contributed by atoms with Crippen LogP contribution in [-0.4, -0.2) is 25.0 Å². The van der Waals surface area contributed by atoms with Gasteiger partial charge in [-0.05, 0) is 37.1 Å². The molecule has 0 bridgehead atoms. The number of halogens is 1. The summed E-state index contributed by atoms with van der Waals surface area (Å²) in [6, 6.07) is 13.8.